The van der Waals surface area contributed by atoms with Gasteiger partial charge in [-0.2, -0.15) is 0 Å². The van der Waals surface area contributed by atoms with Crippen molar-refractivity contribution in [2.75, 3.05) is 19.8 Å². The van der Waals surface area contributed by atoms with Crippen LogP contribution in [-0.2, 0) is 11.2 Å². The van der Waals surface area contributed by atoms with E-state index in [0.717, 1.165) is 50.5 Å². The molecule has 1 aromatic heterocycles. The first-order valence-electron chi connectivity index (χ1n) is 6.12. The summed E-state index contributed by atoms with van der Waals surface area (Å²) in [7, 11) is 0. The van der Waals surface area contributed by atoms with E-state index in [1.807, 2.05) is 6.92 Å². The van der Waals surface area contributed by atoms with Crippen molar-refractivity contribution >= 4 is 0 Å². The molecule has 0 saturated carbocycles. The normalized spacial score (nSPS) is 20.4. The fourth-order valence-electron chi connectivity index (χ4n) is 2.06. The van der Waals surface area contributed by atoms with Gasteiger partial charge in [-0.3, -0.25) is 4.79 Å². The van der Waals surface area contributed by atoms with Crippen molar-refractivity contribution in [2.24, 2.45) is 0 Å². The van der Waals surface area contributed by atoms with Crippen LogP contribution in [0.5, 0.6) is 0 Å². The van der Waals surface area contributed by atoms with E-state index in [1.165, 1.54) is 6.07 Å². The van der Waals surface area contributed by atoms with Crippen LogP contribution in [0, 0.1) is 6.92 Å². The molecular weight excluding hydrogens is 218 g/mol. The summed E-state index contributed by atoms with van der Waals surface area (Å²) >= 11 is 0. The van der Waals surface area contributed by atoms with E-state index in [0.29, 0.717) is 6.04 Å². The number of ether oxygens (including phenoxy) is 1. The lowest BCUT2D eigenvalue weighted by molar-refractivity contribution is 0.0707. The van der Waals surface area contributed by atoms with Crippen molar-refractivity contribution in [3.05, 3.63) is 27.9 Å². The minimum atomic E-state index is -0.0755. The molecule has 0 aromatic carbocycles. The van der Waals surface area contributed by atoms with Gasteiger partial charge in [0.1, 0.15) is 5.82 Å². The highest BCUT2D eigenvalue weighted by atomic mass is 16.5. The van der Waals surface area contributed by atoms with Gasteiger partial charge in [-0.1, -0.05) is 0 Å². The van der Waals surface area contributed by atoms with Gasteiger partial charge in [0.2, 0.25) is 0 Å². The number of aryl methyl sites for hydroxylation is 1. The molecule has 1 atom stereocenters. The Morgan fingerprint density at radius 2 is 2.53 bits per heavy atom. The lowest BCUT2D eigenvalue weighted by atomic mass is 10.1. The Morgan fingerprint density at radius 1 is 1.65 bits per heavy atom. The predicted molar refractivity (Wildman–Crippen MR) is 65.1 cm³/mol. The number of hydrogen-bond donors (Lipinski definition) is 2. The van der Waals surface area contributed by atoms with Gasteiger partial charge >= 0.3 is 0 Å². The maximum absolute atomic E-state index is 11.2. The zero-order chi connectivity index (χ0) is 12.1. The Kier molecular flexibility index (Phi) is 4.28. The first-order chi connectivity index (χ1) is 8.24. The third kappa shape index (κ3) is 3.94. The zero-order valence-corrected chi connectivity index (χ0v) is 10.2. The second-order valence-electron chi connectivity index (χ2n) is 4.45. The smallest absolute Gasteiger partial charge is 0.251 e. The Bertz CT molecular complexity index is 410. The van der Waals surface area contributed by atoms with Gasteiger partial charge < -0.3 is 15.0 Å². The van der Waals surface area contributed by atoms with Crippen LogP contribution in [0.15, 0.2) is 10.9 Å². The van der Waals surface area contributed by atoms with E-state index in [-0.39, 0.29) is 5.56 Å². The standard InChI is InChI=1S/C12H19N3O2/c1-9-7-12(16)15-11(14-9)4-5-13-10-3-2-6-17-8-10/h7,10,13H,2-6,8H2,1H3,(H,14,15,16)/t10-/m1/s1. The average Bonchev–Trinajstić information content (AvgIpc) is 2.29. The van der Waals surface area contributed by atoms with Crippen LogP contribution >= 0.6 is 0 Å². The second kappa shape index (κ2) is 5.93. The summed E-state index contributed by atoms with van der Waals surface area (Å²) in [6.07, 6.45) is 3.03. The van der Waals surface area contributed by atoms with Crippen molar-refractivity contribution in [3.63, 3.8) is 0 Å². The third-order valence-electron chi connectivity index (χ3n) is 2.87. The minimum absolute atomic E-state index is 0.0755. The first kappa shape index (κ1) is 12.3. The van der Waals surface area contributed by atoms with Crippen molar-refractivity contribution in [1.82, 2.24) is 15.3 Å². The van der Waals surface area contributed by atoms with Crippen LogP contribution in [0.2, 0.25) is 0 Å². The van der Waals surface area contributed by atoms with Gasteiger partial charge in [0, 0.05) is 37.4 Å². The molecule has 0 radical (unpaired) electrons. The lowest BCUT2D eigenvalue weighted by Gasteiger charge is -2.23. The number of aromatic amines is 1. The summed E-state index contributed by atoms with van der Waals surface area (Å²) in [5, 5.41) is 3.42. The van der Waals surface area contributed by atoms with Crippen LogP contribution in [-0.4, -0.2) is 35.8 Å². The van der Waals surface area contributed by atoms with Gasteiger partial charge in [-0.15, -0.1) is 0 Å². The van der Waals surface area contributed by atoms with Crippen molar-refractivity contribution in [3.8, 4) is 0 Å². The van der Waals surface area contributed by atoms with E-state index < -0.39 is 0 Å². The van der Waals surface area contributed by atoms with E-state index in [2.05, 4.69) is 15.3 Å². The Balaban J connectivity index is 1.79. The number of hydrogen-bond acceptors (Lipinski definition) is 4. The highest BCUT2D eigenvalue weighted by Gasteiger charge is 2.12. The molecular formula is C12H19N3O2. The van der Waals surface area contributed by atoms with Crippen LogP contribution < -0.4 is 10.9 Å². The Hall–Kier alpha value is -1.20. The number of aromatic nitrogens is 2. The Labute approximate surface area is 101 Å². The number of rotatable bonds is 4. The molecule has 1 aliphatic rings. The molecule has 1 fully saturated rings. The van der Waals surface area contributed by atoms with Crippen LogP contribution in [0.25, 0.3) is 0 Å². The summed E-state index contributed by atoms with van der Waals surface area (Å²) in [4.78, 5) is 18.3. The zero-order valence-electron chi connectivity index (χ0n) is 10.2. The summed E-state index contributed by atoms with van der Waals surface area (Å²) in [6, 6.07) is 1.95. The average molecular weight is 237 g/mol. The lowest BCUT2D eigenvalue weighted by Crippen LogP contribution is -2.38. The summed E-state index contributed by atoms with van der Waals surface area (Å²) in [5.41, 5.74) is 0.693. The monoisotopic (exact) mass is 237 g/mol. The maximum atomic E-state index is 11.2. The largest absolute Gasteiger partial charge is 0.380 e. The molecule has 17 heavy (non-hydrogen) atoms. The molecule has 0 aliphatic carbocycles. The van der Waals surface area contributed by atoms with Crippen molar-refractivity contribution < 1.29 is 4.74 Å². The maximum Gasteiger partial charge on any atom is 0.251 e. The fraction of sp³-hybridized carbons (Fsp3) is 0.667. The van der Waals surface area contributed by atoms with E-state index in [9.17, 15) is 4.79 Å². The molecule has 5 heteroatoms. The van der Waals surface area contributed by atoms with Crippen molar-refractivity contribution in [2.45, 2.75) is 32.2 Å². The Morgan fingerprint density at radius 3 is 3.24 bits per heavy atom. The molecule has 1 aromatic rings. The quantitative estimate of drug-likeness (QED) is 0.795. The molecule has 0 unspecified atom stereocenters. The number of nitrogens with one attached hydrogen (secondary N) is 2. The first-order valence-corrected chi connectivity index (χ1v) is 6.12. The van der Waals surface area contributed by atoms with Crippen LogP contribution in [0.3, 0.4) is 0 Å². The summed E-state index contributed by atoms with van der Waals surface area (Å²) in [6.45, 7) is 4.32. The van der Waals surface area contributed by atoms with Crippen LogP contribution in [0.1, 0.15) is 24.4 Å². The molecule has 0 bridgehead atoms. The third-order valence-corrected chi connectivity index (χ3v) is 2.87. The van der Waals surface area contributed by atoms with Gasteiger partial charge in [-0.05, 0) is 19.8 Å². The highest BCUT2D eigenvalue weighted by Crippen LogP contribution is 2.05. The molecule has 2 N–H and O–H groups in total. The van der Waals surface area contributed by atoms with Gasteiger partial charge in [-0.25, -0.2) is 4.98 Å². The number of nitrogens with zero attached hydrogens (tertiary/aromatic N) is 1. The molecule has 5 nitrogen and oxygen atoms in total. The fourth-order valence-corrected chi connectivity index (χ4v) is 2.06. The van der Waals surface area contributed by atoms with Crippen LogP contribution in [0.4, 0.5) is 0 Å². The topological polar surface area (TPSA) is 67.0 Å². The predicted octanol–water partition coefficient (Wildman–Crippen LogP) is 0.389. The van der Waals surface area contributed by atoms with E-state index in [4.69, 9.17) is 4.74 Å². The van der Waals surface area contributed by atoms with E-state index >= 15 is 0 Å². The highest BCUT2D eigenvalue weighted by molar-refractivity contribution is 5.00. The number of H-pyrrole nitrogens is 1. The minimum Gasteiger partial charge on any atom is -0.380 e. The molecule has 94 valence electrons. The van der Waals surface area contributed by atoms with E-state index in [1.54, 1.807) is 0 Å². The molecule has 2 heterocycles. The van der Waals surface area contributed by atoms with Crippen molar-refractivity contribution in [1.29, 1.82) is 0 Å². The molecule has 1 saturated heterocycles. The summed E-state index contributed by atoms with van der Waals surface area (Å²) < 4.78 is 5.39. The summed E-state index contributed by atoms with van der Waals surface area (Å²) in [5.74, 6) is 0.749. The van der Waals surface area contributed by atoms with Gasteiger partial charge in [0.05, 0.1) is 6.61 Å². The molecule has 0 amide bonds. The molecule has 2 rings (SSSR count). The second-order valence-corrected chi connectivity index (χ2v) is 4.45. The van der Waals surface area contributed by atoms with Gasteiger partial charge in [0.15, 0.2) is 0 Å². The molecule has 1 aliphatic heterocycles. The van der Waals surface area contributed by atoms with Gasteiger partial charge in [0.25, 0.3) is 5.56 Å². The SMILES string of the molecule is Cc1cc(=O)[nH]c(CCN[C@@H]2CCCOC2)n1. The molecule has 0 spiro atoms.